The number of aromatic nitrogens is 3. The molecule has 0 amide bonds. The van der Waals surface area contributed by atoms with Crippen LogP contribution in [0.1, 0.15) is 151 Å². The molecule has 1 unspecified atom stereocenters. The molecule has 3 rings (SSSR count). The number of nitrogens with two attached hydrogens (primary N) is 1. The summed E-state index contributed by atoms with van der Waals surface area (Å²) in [6.07, 6.45) is 17.6. The number of nitriles is 2. The van der Waals surface area contributed by atoms with Gasteiger partial charge in [0.25, 0.3) is 6.26 Å². The van der Waals surface area contributed by atoms with Crippen LogP contribution in [0.2, 0.25) is 0 Å². The first kappa shape index (κ1) is 50.7. The highest BCUT2D eigenvalue weighted by Crippen LogP contribution is 2.44. The summed E-state index contributed by atoms with van der Waals surface area (Å²) < 4.78 is 56.2. The number of benzene rings is 1. The minimum absolute atomic E-state index is 0.0232. The fraction of sp³-hybridized carbons (Fsp3) is 0.674. The molecule has 60 heavy (non-hydrogen) atoms. The summed E-state index contributed by atoms with van der Waals surface area (Å²) in [6.45, 7) is 3.09. The molecule has 334 valence electrons. The zero-order valence-corrected chi connectivity index (χ0v) is 36.3. The molecule has 0 spiro atoms. The van der Waals surface area contributed by atoms with Crippen molar-refractivity contribution >= 4 is 19.2 Å². The molecule has 0 aliphatic carbocycles. The van der Waals surface area contributed by atoms with Crippen LogP contribution in [-0.4, -0.2) is 74.4 Å². The Bertz CT molecular complexity index is 1800. The van der Waals surface area contributed by atoms with Gasteiger partial charge >= 0.3 is 7.82 Å². The Hall–Kier alpha value is -3.70. The van der Waals surface area contributed by atoms with E-state index in [-0.39, 0.29) is 30.3 Å². The van der Waals surface area contributed by atoms with Gasteiger partial charge in [0, 0.05) is 12.2 Å². The number of phosphoric ester groups is 1. The summed E-state index contributed by atoms with van der Waals surface area (Å²) in [5.74, 6) is -0.388. The van der Waals surface area contributed by atoms with E-state index in [4.69, 9.17) is 29.0 Å². The van der Waals surface area contributed by atoms with Gasteiger partial charge in [0.1, 0.15) is 36.0 Å². The molecular formula is C43H66FN6O9P. The van der Waals surface area contributed by atoms with Crippen LogP contribution in [0.4, 0.5) is 10.2 Å². The van der Waals surface area contributed by atoms with E-state index in [1.54, 1.807) is 6.07 Å². The van der Waals surface area contributed by atoms with Gasteiger partial charge in [-0.2, -0.15) is 15.6 Å². The van der Waals surface area contributed by atoms with Crippen molar-refractivity contribution in [2.24, 2.45) is 0 Å². The number of unbranched alkanes of at least 4 members (excludes halogenated alkanes) is 15. The van der Waals surface area contributed by atoms with E-state index in [9.17, 15) is 34.6 Å². The third-order valence-corrected chi connectivity index (χ3v) is 11.3. The van der Waals surface area contributed by atoms with Crippen LogP contribution >= 0.6 is 7.82 Å². The smallest absolute Gasteiger partial charge is 0.419 e. The van der Waals surface area contributed by atoms with Crippen molar-refractivity contribution in [3.63, 3.8) is 0 Å². The molecule has 2 heterocycles. The molecule has 3 aromatic rings. The Labute approximate surface area is 354 Å². The van der Waals surface area contributed by atoms with Crippen LogP contribution in [-0.2, 0) is 40.9 Å². The minimum atomic E-state index is -4.87. The molecule has 5 N–H and O–H groups in total. The molecule has 0 saturated carbocycles. The van der Waals surface area contributed by atoms with Gasteiger partial charge in [-0.3, -0.25) is 9.05 Å². The van der Waals surface area contributed by atoms with Gasteiger partial charge in [0.05, 0.1) is 43.8 Å². The Kier molecular flexibility index (Phi) is 24.3. The molecule has 1 aromatic carbocycles. The number of aliphatic hydroxyl groups excluding tert-OH is 2. The number of hydrogen-bond donors (Lipinski definition) is 4. The van der Waals surface area contributed by atoms with Crippen LogP contribution < -0.4 is 5.73 Å². The van der Waals surface area contributed by atoms with Crippen molar-refractivity contribution < 1.29 is 47.3 Å². The zero-order chi connectivity index (χ0) is 43.6. The van der Waals surface area contributed by atoms with Gasteiger partial charge in [-0.15, -0.1) is 0 Å². The molecule has 0 radical (unpaired) electrons. The number of anilines is 1. The fourth-order valence-corrected chi connectivity index (χ4v) is 7.70. The lowest BCUT2D eigenvalue weighted by Gasteiger charge is -2.25. The molecule has 0 saturated heterocycles. The molecule has 0 aliphatic rings. The first-order valence-corrected chi connectivity index (χ1v) is 23.1. The molecule has 0 aliphatic heterocycles. The molecule has 2 aromatic heterocycles. The summed E-state index contributed by atoms with van der Waals surface area (Å²) in [7, 11) is -4.87. The third kappa shape index (κ3) is 18.1. The number of hydrogen-bond acceptors (Lipinski definition) is 13. The highest BCUT2D eigenvalue weighted by atomic mass is 31.2. The lowest BCUT2D eigenvalue weighted by molar-refractivity contribution is -0.0821. The largest absolute Gasteiger partial charge is 0.472 e. The average molecular weight is 861 g/mol. The van der Waals surface area contributed by atoms with Gasteiger partial charge in [-0.25, -0.2) is 18.5 Å². The first-order valence-electron chi connectivity index (χ1n) is 21.6. The lowest BCUT2D eigenvalue weighted by atomic mass is 10.0. The van der Waals surface area contributed by atoms with Crippen LogP contribution in [0, 0.1) is 28.7 Å². The summed E-state index contributed by atoms with van der Waals surface area (Å²) in [6, 6.07) is 7.86. The standard InChI is InChI=1S/C43H66FN6O9P/c1-3-5-6-7-8-9-10-11-12-13-14-15-16-17-18-19-23-55-28-35(56-27-33-24-34(26-45)36(20-4-2)37(44)25-33)29-58-60(53,54)59-30-40(57-31-46)42(52)41(51)38-21-22-39-43(47)48-32-49-50(38)39/h21-22,24-25,32,35,40-42,51-52H,3-20,23,27-30H2,1-2H3,(H,53,54)(H2,47,48,49)/t35-,40-,41+,42-/m1/s1. The van der Waals surface area contributed by atoms with Crippen LogP contribution in [0.3, 0.4) is 0 Å². The number of fused-ring (bicyclic) bond motifs is 1. The highest BCUT2D eigenvalue weighted by molar-refractivity contribution is 7.47. The monoisotopic (exact) mass is 860 g/mol. The SMILES string of the molecule is CCCCCCCCCCCCCCCCCCOC[C@H](COP(=O)(O)OC[C@@H](OC#N)[C@@H](O)[C@@H](O)c1ccc2c(N)ncnn12)OCc1cc(F)c(CCC)c(C#N)c1. The second-order valence-electron chi connectivity index (χ2n) is 15.2. The van der Waals surface area contributed by atoms with E-state index in [0.717, 1.165) is 25.6 Å². The van der Waals surface area contributed by atoms with Gasteiger partial charge in [-0.05, 0) is 42.7 Å². The Morgan fingerprint density at radius 3 is 2.08 bits per heavy atom. The number of halogens is 1. The molecule has 0 bridgehead atoms. The minimum Gasteiger partial charge on any atom is -0.419 e. The van der Waals surface area contributed by atoms with E-state index in [1.807, 2.05) is 13.0 Å². The molecule has 15 nitrogen and oxygen atoms in total. The van der Waals surface area contributed by atoms with E-state index in [1.165, 1.54) is 112 Å². The van der Waals surface area contributed by atoms with Crippen molar-refractivity contribution in [1.82, 2.24) is 14.6 Å². The van der Waals surface area contributed by atoms with Gasteiger partial charge in [0.15, 0.2) is 11.9 Å². The molecule has 0 fully saturated rings. The first-order chi connectivity index (χ1) is 29.0. The summed E-state index contributed by atoms with van der Waals surface area (Å²) >= 11 is 0. The maximum absolute atomic E-state index is 14.9. The highest BCUT2D eigenvalue weighted by Gasteiger charge is 2.35. The average Bonchev–Trinajstić information content (AvgIpc) is 3.68. The number of rotatable bonds is 34. The Balaban J connectivity index is 1.48. The van der Waals surface area contributed by atoms with E-state index >= 15 is 0 Å². The predicted octanol–water partition coefficient (Wildman–Crippen LogP) is 8.53. The lowest BCUT2D eigenvalue weighted by Crippen LogP contribution is -2.37. The van der Waals surface area contributed by atoms with Gasteiger partial charge < -0.3 is 35.1 Å². The number of aliphatic hydroxyl groups is 2. The quantitative estimate of drug-likeness (QED) is 0.0251. The van der Waals surface area contributed by atoms with Crippen LogP contribution in [0.25, 0.3) is 5.52 Å². The van der Waals surface area contributed by atoms with Gasteiger partial charge in [0.2, 0.25) is 0 Å². The summed E-state index contributed by atoms with van der Waals surface area (Å²) in [5, 5.41) is 44.7. The number of nitrogen functional groups attached to an aromatic ring is 1. The predicted molar refractivity (Wildman–Crippen MR) is 225 cm³/mol. The van der Waals surface area contributed by atoms with Crippen molar-refractivity contribution in [2.75, 3.05) is 32.2 Å². The van der Waals surface area contributed by atoms with E-state index in [2.05, 4.69) is 17.0 Å². The summed E-state index contributed by atoms with van der Waals surface area (Å²) in [5.41, 5.74) is 7.23. The van der Waals surface area contributed by atoms with E-state index < -0.39 is 51.3 Å². The number of nitrogens with zero attached hydrogens (tertiary/aromatic N) is 5. The third-order valence-electron chi connectivity index (χ3n) is 10.4. The van der Waals surface area contributed by atoms with Gasteiger partial charge in [-0.1, -0.05) is 117 Å². The van der Waals surface area contributed by atoms with E-state index in [0.29, 0.717) is 36.1 Å². The second kappa shape index (κ2) is 28.8. The van der Waals surface area contributed by atoms with Crippen molar-refractivity contribution in [3.05, 3.63) is 58.8 Å². The second-order valence-corrected chi connectivity index (χ2v) is 16.7. The number of phosphoric acid groups is 1. The van der Waals surface area contributed by atoms with Crippen LogP contribution in [0.15, 0.2) is 30.6 Å². The fourth-order valence-electron chi connectivity index (χ4n) is 6.93. The maximum atomic E-state index is 14.9. The Morgan fingerprint density at radius 2 is 1.48 bits per heavy atom. The van der Waals surface area contributed by atoms with Crippen molar-refractivity contribution in [2.45, 2.75) is 160 Å². The normalized spacial score (nSPS) is 14.6. The molecular weight excluding hydrogens is 794 g/mol. The Morgan fingerprint density at radius 1 is 0.867 bits per heavy atom. The number of ether oxygens (including phenoxy) is 3. The zero-order valence-electron chi connectivity index (χ0n) is 35.4. The maximum Gasteiger partial charge on any atom is 0.472 e. The topological polar surface area (TPSA) is 228 Å². The summed E-state index contributed by atoms with van der Waals surface area (Å²) in [4.78, 5) is 14.4. The molecule has 5 atom stereocenters. The van der Waals surface area contributed by atoms with Crippen molar-refractivity contribution in [1.29, 1.82) is 10.5 Å². The van der Waals surface area contributed by atoms with Crippen molar-refractivity contribution in [3.8, 4) is 12.3 Å². The molecule has 17 heteroatoms. The van der Waals surface area contributed by atoms with Crippen LogP contribution in [0.5, 0.6) is 0 Å².